The molecule has 0 aliphatic rings. The number of hydrogen-bond donors (Lipinski definition) is 1. The number of para-hydroxylation sites is 1. The number of halogens is 1. The van der Waals surface area contributed by atoms with E-state index in [-0.39, 0.29) is 17.3 Å². The van der Waals surface area contributed by atoms with E-state index in [1.807, 2.05) is 43.3 Å². The van der Waals surface area contributed by atoms with Gasteiger partial charge in [0.1, 0.15) is 27.3 Å². The Morgan fingerprint density at radius 3 is 2.56 bits per heavy atom. The van der Waals surface area contributed by atoms with Crippen molar-refractivity contribution in [2.75, 3.05) is 18.2 Å². The topological polar surface area (TPSA) is 77.0 Å². The number of rotatable bonds is 7. The van der Waals surface area contributed by atoms with Crippen LogP contribution < -0.4 is 10.1 Å². The number of ether oxygens (including phenoxy) is 1. The number of anilines is 1. The molecule has 32 heavy (non-hydrogen) atoms. The Balaban J connectivity index is 1.40. The molecule has 0 radical (unpaired) electrons. The molecule has 0 unspecified atom stereocenters. The summed E-state index contributed by atoms with van der Waals surface area (Å²) in [5, 5.41) is 12.6. The molecule has 2 aromatic carbocycles. The molecular formula is C23H19FN4O2S2. The zero-order valence-electron chi connectivity index (χ0n) is 17.3. The van der Waals surface area contributed by atoms with Gasteiger partial charge < -0.3 is 10.1 Å². The molecule has 9 heteroatoms. The lowest BCUT2D eigenvalue weighted by atomic mass is 10.2. The van der Waals surface area contributed by atoms with Gasteiger partial charge >= 0.3 is 0 Å². The summed E-state index contributed by atoms with van der Waals surface area (Å²) in [4.78, 5) is 17.7. The summed E-state index contributed by atoms with van der Waals surface area (Å²) < 4.78 is 18.8. The van der Waals surface area contributed by atoms with Gasteiger partial charge in [-0.05, 0) is 55.5 Å². The number of thiazole rings is 1. The molecule has 6 nitrogen and oxygen atoms in total. The maximum absolute atomic E-state index is 13.6. The molecule has 0 aliphatic heterocycles. The third-order valence-electron chi connectivity index (χ3n) is 4.51. The van der Waals surface area contributed by atoms with Crippen LogP contribution in [0.5, 0.6) is 5.75 Å². The molecule has 1 N–H and O–H groups in total. The Kier molecular flexibility index (Phi) is 6.77. The van der Waals surface area contributed by atoms with Gasteiger partial charge in [0.25, 0.3) is 0 Å². The summed E-state index contributed by atoms with van der Waals surface area (Å²) in [7, 11) is 1.64. The molecular weight excluding hydrogens is 447 g/mol. The molecule has 1 amide bonds. The molecule has 0 atom stereocenters. The Morgan fingerprint density at radius 1 is 1.09 bits per heavy atom. The zero-order chi connectivity index (χ0) is 22.5. The molecule has 0 saturated heterocycles. The quantitative estimate of drug-likeness (QED) is 0.365. The number of aryl methyl sites for hydroxylation is 1. The summed E-state index contributed by atoms with van der Waals surface area (Å²) >= 11 is 2.78. The second-order valence-corrected chi connectivity index (χ2v) is 8.73. The highest BCUT2D eigenvalue weighted by atomic mass is 32.2. The highest BCUT2D eigenvalue weighted by Crippen LogP contribution is 2.35. The standard InChI is InChI=1S/C23H19FN4O2S2/c1-14-22(32-23(25-14)15-7-9-16(30-2)10-8-15)19-11-12-21(28-27-19)31-13-20(29)26-18-6-4-3-5-17(18)24/h3-12H,13H2,1-2H3,(H,26,29). The van der Waals surface area contributed by atoms with E-state index in [0.29, 0.717) is 5.03 Å². The van der Waals surface area contributed by atoms with Crippen molar-refractivity contribution in [3.63, 3.8) is 0 Å². The highest BCUT2D eigenvalue weighted by Gasteiger charge is 2.14. The van der Waals surface area contributed by atoms with Crippen LogP contribution in [0.25, 0.3) is 21.1 Å². The minimum absolute atomic E-state index is 0.101. The van der Waals surface area contributed by atoms with Crippen LogP contribution in [0.4, 0.5) is 10.1 Å². The van der Waals surface area contributed by atoms with Crippen molar-refractivity contribution in [1.29, 1.82) is 0 Å². The van der Waals surface area contributed by atoms with Gasteiger partial charge in [-0.2, -0.15) is 0 Å². The van der Waals surface area contributed by atoms with Crippen LogP contribution in [-0.4, -0.2) is 34.0 Å². The SMILES string of the molecule is COc1ccc(-c2nc(C)c(-c3ccc(SCC(=O)Nc4ccccc4F)nn3)s2)cc1. The number of methoxy groups -OCH3 is 1. The number of thioether (sulfide) groups is 1. The predicted molar refractivity (Wildman–Crippen MR) is 126 cm³/mol. The predicted octanol–water partition coefficient (Wildman–Crippen LogP) is 5.45. The number of carbonyl (C=O) groups excluding carboxylic acids is 1. The zero-order valence-corrected chi connectivity index (χ0v) is 19.0. The average molecular weight is 467 g/mol. The van der Waals surface area contributed by atoms with E-state index in [4.69, 9.17) is 4.74 Å². The number of benzene rings is 2. The molecule has 2 aromatic heterocycles. The lowest BCUT2D eigenvalue weighted by Gasteiger charge is -2.05. The van der Waals surface area contributed by atoms with Crippen LogP contribution in [0.15, 0.2) is 65.7 Å². The van der Waals surface area contributed by atoms with E-state index in [2.05, 4.69) is 20.5 Å². The van der Waals surface area contributed by atoms with E-state index >= 15 is 0 Å². The first kappa shape index (κ1) is 21.9. The van der Waals surface area contributed by atoms with Crippen molar-refractivity contribution in [3.8, 4) is 26.9 Å². The first-order chi connectivity index (χ1) is 15.5. The molecule has 0 saturated carbocycles. The normalized spacial score (nSPS) is 10.7. The van der Waals surface area contributed by atoms with Crippen molar-refractivity contribution in [3.05, 3.63) is 72.2 Å². The molecule has 0 spiro atoms. The van der Waals surface area contributed by atoms with E-state index in [0.717, 1.165) is 32.6 Å². The van der Waals surface area contributed by atoms with E-state index in [9.17, 15) is 9.18 Å². The molecule has 162 valence electrons. The maximum atomic E-state index is 13.6. The van der Waals surface area contributed by atoms with Crippen molar-refractivity contribution in [1.82, 2.24) is 15.2 Å². The molecule has 0 bridgehead atoms. The minimum Gasteiger partial charge on any atom is -0.497 e. The van der Waals surface area contributed by atoms with Crippen molar-refractivity contribution < 1.29 is 13.9 Å². The fourth-order valence-corrected chi connectivity index (χ4v) is 4.55. The number of carbonyl (C=O) groups is 1. The van der Waals surface area contributed by atoms with E-state index in [1.54, 1.807) is 30.6 Å². The number of amides is 1. The van der Waals surface area contributed by atoms with Crippen molar-refractivity contribution in [2.45, 2.75) is 11.9 Å². The van der Waals surface area contributed by atoms with Gasteiger partial charge in [-0.1, -0.05) is 23.9 Å². The lowest BCUT2D eigenvalue weighted by molar-refractivity contribution is -0.113. The minimum atomic E-state index is -0.469. The van der Waals surface area contributed by atoms with Crippen LogP contribution >= 0.6 is 23.1 Å². The maximum Gasteiger partial charge on any atom is 0.234 e. The fraction of sp³-hybridized carbons (Fsp3) is 0.130. The van der Waals surface area contributed by atoms with Gasteiger partial charge in [-0.15, -0.1) is 21.5 Å². The molecule has 0 aliphatic carbocycles. The van der Waals surface area contributed by atoms with Gasteiger partial charge in [0.05, 0.1) is 29.1 Å². The Morgan fingerprint density at radius 2 is 1.88 bits per heavy atom. The van der Waals surface area contributed by atoms with Gasteiger partial charge in [-0.25, -0.2) is 9.37 Å². The lowest BCUT2D eigenvalue weighted by Crippen LogP contribution is -2.15. The van der Waals surface area contributed by atoms with E-state index in [1.165, 1.54) is 23.9 Å². The van der Waals surface area contributed by atoms with Crippen LogP contribution in [0.3, 0.4) is 0 Å². The first-order valence-corrected chi connectivity index (χ1v) is 11.5. The molecule has 4 rings (SSSR count). The third-order valence-corrected chi connectivity index (χ3v) is 6.65. The van der Waals surface area contributed by atoms with Gasteiger partial charge in [0, 0.05) is 5.56 Å². The number of aromatic nitrogens is 3. The van der Waals surface area contributed by atoms with Crippen LogP contribution in [-0.2, 0) is 4.79 Å². The van der Waals surface area contributed by atoms with Gasteiger partial charge in [0.2, 0.25) is 5.91 Å². The average Bonchev–Trinajstić information content (AvgIpc) is 3.21. The van der Waals surface area contributed by atoms with Crippen molar-refractivity contribution >= 4 is 34.7 Å². The monoisotopic (exact) mass is 466 g/mol. The molecule has 0 fully saturated rings. The van der Waals surface area contributed by atoms with Gasteiger partial charge in [0.15, 0.2) is 0 Å². The van der Waals surface area contributed by atoms with Crippen LogP contribution in [0, 0.1) is 12.7 Å². The van der Waals surface area contributed by atoms with Crippen LogP contribution in [0.2, 0.25) is 0 Å². The highest BCUT2D eigenvalue weighted by molar-refractivity contribution is 7.99. The Hall–Kier alpha value is -3.30. The second kappa shape index (κ2) is 9.88. The summed E-state index contributed by atoms with van der Waals surface area (Å²) in [6, 6.07) is 17.5. The second-order valence-electron chi connectivity index (χ2n) is 6.74. The van der Waals surface area contributed by atoms with Crippen LogP contribution in [0.1, 0.15) is 5.69 Å². The van der Waals surface area contributed by atoms with Gasteiger partial charge in [-0.3, -0.25) is 4.79 Å². The summed E-state index contributed by atoms with van der Waals surface area (Å²) in [5.41, 5.74) is 2.76. The van der Waals surface area contributed by atoms with E-state index < -0.39 is 5.82 Å². The number of nitrogens with one attached hydrogen (secondary N) is 1. The largest absolute Gasteiger partial charge is 0.497 e. The fourth-order valence-electron chi connectivity index (χ4n) is 2.90. The molecule has 4 aromatic rings. The first-order valence-electron chi connectivity index (χ1n) is 9.66. The summed E-state index contributed by atoms with van der Waals surface area (Å²) in [6.07, 6.45) is 0. The number of hydrogen-bond acceptors (Lipinski definition) is 7. The summed E-state index contributed by atoms with van der Waals surface area (Å²) in [6.45, 7) is 1.94. The Labute approximate surface area is 192 Å². The smallest absolute Gasteiger partial charge is 0.234 e. The number of nitrogens with zero attached hydrogens (tertiary/aromatic N) is 3. The van der Waals surface area contributed by atoms with Crippen molar-refractivity contribution in [2.24, 2.45) is 0 Å². The third kappa shape index (κ3) is 5.12. The molecule has 2 heterocycles. The summed E-state index contributed by atoms with van der Waals surface area (Å²) in [5.74, 6) is 0.116. The Bertz CT molecular complexity index is 1230.